The normalized spacial score (nSPS) is 15.4. The summed E-state index contributed by atoms with van der Waals surface area (Å²) in [5.74, 6) is -0.235. The molecule has 0 saturated carbocycles. The third-order valence-corrected chi connectivity index (χ3v) is 6.27. The summed E-state index contributed by atoms with van der Waals surface area (Å²) in [6.45, 7) is 3.68. The first-order chi connectivity index (χ1) is 13.0. The number of nitrogens with one attached hydrogen (secondary N) is 3. The van der Waals surface area contributed by atoms with Crippen LogP contribution in [-0.2, 0) is 16.6 Å². The van der Waals surface area contributed by atoms with Crippen molar-refractivity contribution < 1.29 is 13.2 Å². The molecule has 1 aliphatic rings. The van der Waals surface area contributed by atoms with E-state index in [9.17, 15) is 13.2 Å². The van der Waals surface area contributed by atoms with Gasteiger partial charge in [0.05, 0.1) is 4.90 Å². The van der Waals surface area contributed by atoms with E-state index in [4.69, 9.17) is 0 Å². The predicted octanol–water partition coefficient (Wildman–Crippen LogP) is 1.96. The van der Waals surface area contributed by atoms with E-state index < -0.39 is 10.0 Å². The van der Waals surface area contributed by atoms with Gasteiger partial charge in [-0.15, -0.1) is 0 Å². The van der Waals surface area contributed by atoms with Crippen molar-refractivity contribution >= 4 is 15.9 Å². The fourth-order valence-electron chi connectivity index (χ4n) is 3.12. The quantitative estimate of drug-likeness (QED) is 0.707. The number of hydrogen-bond donors (Lipinski definition) is 3. The van der Waals surface area contributed by atoms with Crippen LogP contribution in [0.3, 0.4) is 0 Å². The molecule has 7 heteroatoms. The van der Waals surface area contributed by atoms with Crippen molar-refractivity contribution in [1.29, 1.82) is 0 Å². The Hall–Kier alpha value is -2.22. The van der Waals surface area contributed by atoms with Crippen LogP contribution in [0, 0.1) is 6.92 Å². The van der Waals surface area contributed by atoms with Crippen LogP contribution in [0.4, 0.5) is 0 Å². The number of amides is 1. The largest absolute Gasteiger partial charge is 0.349 e. The van der Waals surface area contributed by atoms with Gasteiger partial charge in [0.25, 0.3) is 5.91 Å². The van der Waals surface area contributed by atoms with Crippen molar-refractivity contribution in [2.75, 3.05) is 13.1 Å². The minimum Gasteiger partial charge on any atom is -0.349 e. The van der Waals surface area contributed by atoms with Gasteiger partial charge in [-0.25, -0.2) is 13.1 Å². The van der Waals surface area contributed by atoms with Crippen LogP contribution < -0.4 is 15.4 Å². The second kappa shape index (κ2) is 8.65. The van der Waals surface area contributed by atoms with Crippen LogP contribution in [-0.4, -0.2) is 33.5 Å². The summed E-state index contributed by atoms with van der Waals surface area (Å²) in [5.41, 5.74) is 1.84. The van der Waals surface area contributed by atoms with Gasteiger partial charge in [0.2, 0.25) is 10.0 Å². The zero-order valence-corrected chi connectivity index (χ0v) is 16.2. The van der Waals surface area contributed by atoms with Crippen LogP contribution in [0.15, 0.2) is 53.4 Å². The topological polar surface area (TPSA) is 87.3 Å². The molecule has 1 amide bonds. The monoisotopic (exact) mass is 387 g/mol. The molecule has 3 N–H and O–H groups in total. The highest BCUT2D eigenvalue weighted by atomic mass is 32.2. The van der Waals surface area contributed by atoms with Gasteiger partial charge in [-0.1, -0.05) is 36.4 Å². The first-order valence-corrected chi connectivity index (χ1v) is 10.6. The first kappa shape index (κ1) is 19.5. The molecule has 1 heterocycles. The van der Waals surface area contributed by atoms with E-state index in [1.54, 1.807) is 19.1 Å². The van der Waals surface area contributed by atoms with Gasteiger partial charge in [0.1, 0.15) is 0 Å². The SMILES string of the molecule is Cc1ccc(C(=O)NC2CCNCC2)cc1S(=O)(=O)NCc1ccccc1. The molecule has 0 unspecified atom stereocenters. The fraction of sp³-hybridized carbons (Fsp3) is 0.350. The molecule has 0 radical (unpaired) electrons. The minimum atomic E-state index is -3.72. The summed E-state index contributed by atoms with van der Waals surface area (Å²) in [4.78, 5) is 12.7. The number of piperidine rings is 1. The summed E-state index contributed by atoms with van der Waals surface area (Å²) < 4.78 is 28.1. The van der Waals surface area contributed by atoms with Crippen molar-refractivity contribution in [2.45, 2.75) is 37.2 Å². The smallest absolute Gasteiger partial charge is 0.251 e. The number of carbonyl (C=O) groups is 1. The fourth-order valence-corrected chi connectivity index (χ4v) is 4.40. The third kappa shape index (κ3) is 5.15. The molecule has 2 aromatic carbocycles. The Balaban J connectivity index is 1.74. The van der Waals surface area contributed by atoms with E-state index in [0.717, 1.165) is 31.5 Å². The van der Waals surface area contributed by atoms with Gasteiger partial charge in [0, 0.05) is 18.2 Å². The van der Waals surface area contributed by atoms with Gasteiger partial charge in [-0.2, -0.15) is 0 Å². The van der Waals surface area contributed by atoms with E-state index in [1.165, 1.54) is 6.07 Å². The van der Waals surface area contributed by atoms with E-state index in [2.05, 4.69) is 15.4 Å². The van der Waals surface area contributed by atoms with Gasteiger partial charge in [-0.05, 0) is 56.1 Å². The maximum absolute atomic E-state index is 12.7. The highest BCUT2D eigenvalue weighted by molar-refractivity contribution is 7.89. The minimum absolute atomic E-state index is 0.122. The number of sulfonamides is 1. The van der Waals surface area contributed by atoms with Crippen LogP contribution >= 0.6 is 0 Å². The third-order valence-electron chi connectivity index (χ3n) is 4.72. The molecule has 0 atom stereocenters. The number of benzene rings is 2. The Morgan fingerprint density at radius 3 is 2.52 bits per heavy atom. The Morgan fingerprint density at radius 1 is 1.11 bits per heavy atom. The zero-order chi connectivity index (χ0) is 19.3. The molecular formula is C20H25N3O3S. The number of rotatable bonds is 6. The van der Waals surface area contributed by atoms with Gasteiger partial charge in [-0.3, -0.25) is 4.79 Å². The Bertz CT molecular complexity index is 892. The van der Waals surface area contributed by atoms with Crippen LogP contribution in [0.2, 0.25) is 0 Å². The predicted molar refractivity (Wildman–Crippen MR) is 105 cm³/mol. The van der Waals surface area contributed by atoms with Crippen molar-refractivity contribution in [3.05, 3.63) is 65.2 Å². The van der Waals surface area contributed by atoms with Gasteiger partial charge >= 0.3 is 0 Å². The maximum atomic E-state index is 12.7. The lowest BCUT2D eigenvalue weighted by molar-refractivity contribution is 0.0929. The number of carbonyl (C=O) groups excluding carboxylic acids is 1. The molecule has 27 heavy (non-hydrogen) atoms. The molecule has 1 aliphatic heterocycles. The van der Waals surface area contributed by atoms with Crippen molar-refractivity contribution in [3.8, 4) is 0 Å². The Labute approximate surface area is 160 Å². The van der Waals surface area contributed by atoms with E-state index in [-0.39, 0.29) is 23.4 Å². The van der Waals surface area contributed by atoms with Crippen LogP contribution in [0.1, 0.15) is 34.3 Å². The van der Waals surface area contributed by atoms with Crippen molar-refractivity contribution in [2.24, 2.45) is 0 Å². The number of hydrogen-bond acceptors (Lipinski definition) is 4. The molecular weight excluding hydrogens is 362 g/mol. The van der Waals surface area contributed by atoms with Gasteiger partial charge in [0.15, 0.2) is 0 Å². The average Bonchev–Trinajstić information content (AvgIpc) is 2.68. The molecule has 0 spiro atoms. The zero-order valence-electron chi connectivity index (χ0n) is 15.4. The summed E-state index contributed by atoms with van der Waals surface area (Å²) >= 11 is 0. The van der Waals surface area contributed by atoms with Crippen molar-refractivity contribution in [1.82, 2.24) is 15.4 Å². The molecule has 1 fully saturated rings. The standard InChI is InChI=1S/C20H25N3O3S/c1-15-7-8-17(20(24)23-18-9-11-21-12-10-18)13-19(15)27(25,26)22-14-16-5-3-2-4-6-16/h2-8,13,18,21-22H,9-12,14H2,1H3,(H,23,24). The number of aryl methyl sites for hydroxylation is 1. The summed E-state index contributed by atoms with van der Waals surface area (Å²) in [6, 6.07) is 14.2. The molecule has 3 rings (SSSR count). The Kier molecular flexibility index (Phi) is 6.26. The van der Waals surface area contributed by atoms with Crippen molar-refractivity contribution in [3.63, 3.8) is 0 Å². The van der Waals surface area contributed by atoms with Crippen LogP contribution in [0.5, 0.6) is 0 Å². The second-order valence-corrected chi connectivity index (χ2v) is 8.52. The Morgan fingerprint density at radius 2 is 1.81 bits per heavy atom. The summed E-state index contributed by atoms with van der Waals surface area (Å²) in [5, 5.41) is 6.25. The molecule has 0 aromatic heterocycles. The average molecular weight is 388 g/mol. The highest BCUT2D eigenvalue weighted by Crippen LogP contribution is 2.18. The lowest BCUT2D eigenvalue weighted by Crippen LogP contribution is -2.42. The second-order valence-electron chi connectivity index (χ2n) is 6.79. The molecule has 1 saturated heterocycles. The van der Waals surface area contributed by atoms with E-state index >= 15 is 0 Å². The lowest BCUT2D eigenvalue weighted by atomic mass is 10.1. The van der Waals surface area contributed by atoms with Crippen LogP contribution in [0.25, 0.3) is 0 Å². The summed E-state index contributed by atoms with van der Waals surface area (Å²) in [6.07, 6.45) is 1.75. The molecule has 0 bridgehead atoms. The lowest BCUT2D eigenvalue weighted by Gasteiger charge is -2.23. The maximum Gasteiger partial charge on any atom is 0.251 e. The van der Waals surface area contributed by atoms with E-state index in [1.807, 2.05) is 30.3 Å². The van der Waals surface area contributed by atoms with E-state index in [0.29, 0.717) is 11.1 Å². The molecule has 2 aromatic rings. The molecule has 0 aliphatic carbocycles. The molecule has 6 nitrogen and oxygen atoms in total. The molecule has 144 valence electrons. The summed E-state index contributed by atoms with van der Waals surface area (Å²) in [7, 11) is -3.72. The first-order valence-electron chi connectivity index (χ1n) is 9.11. The van der Waals surface area contributed by atoms with Gasteiger partial charge < -0.3 is 10.6 Å². The highest BCUT2D eigenvalue weighted by Gasteiger charge is 2.21.